The number of aryl methyl sites for hydroxylation is 2. The normalized spacial score (nSPS) is 10.5. The summed E-state index contributed by atoms with van der Waals surface area (Å²) >= 11 is 3.52. The van der Waals surface area contributed by atoms with E-state index in [1.807, 2.05) is 50.2 Å². The summed E-state index contributed by atoms with van der Waals surface area (Å²) < 4.78 is 6.59. The highest BCUT2D eigenvalue weighted by atomic mass is 79.9. The van der Waals surface area contributed by atoms with Crippen LogP contribution in [0, 0.1) is 13.8 Å². The fraction of sp³-hybridized carbons (Fsp3) is 0.278. The first kappa shape index (κ1) is 15.8. The summed E-state index contributed by atoms with van der Waals surface area (Å²) in [5.74, 6) is 0.840. The summed E-state index contributed by atoms with van der Waals surface area (Å²) in [6.07, 6.45) is 0.970. The van der Waals surface area contributed by atoms with Gasteiger partial charge in [-0.2, -0.15) is 0 Å². The van der Waals surface area contributed by atoms with Crippen LogP contribution in [0.4, 0.5) is 0 Å². The summed E-state index contributed by atoms with van der Waals surface area (Å²) in [7, 11) is 0. The van der Waals surface area contributed by atoms with E-state index in [4.69, 9.17) is 4.74 Å². The van der Waals surface area contributed by atoms with E-state index in [2.05, 4.69) is 22.9 Å². The van der Waals surface area contributed by atoms with Gasteiger partial charge in [0.15, 0.2) is 5.78 Å². The molecule has 0 fully saturated rings. The molecule has 0 heterocycles. The summed E-state index contributed by atoms with van der Waals surface area (Å²) in [5, 5.41) is 0. The average molecular weight is 347 g/mol. The van der Waals surface area contributed by atoms with Crippen LogP contribution in [0.1, 0.15) is 40.4 Å². The van der Waals surface area contributed by atoms with Crippen LogP contribution in [-0.2, 0) is 0 Å². The third kappa shape index (κ3) is 3.73. The largest absolute Gasteiger partial charge is 0.494 e. The maximum Gasteiger partial charge on any atom is 0.193 e. The third-order valence-electron chi connectivity index (χ3n) is 3.29. The van der Waals surface area contributed by atoms with E-state index in [1.54, 1.807) is 0 Å². The van der Waals surface area contributed by atoms with E-state index in [9.17, 15) is 4.79 Å². The first-order valence-electron chi connectivity index (χ1n) is 7.07. The van der Waals surface area contributed by atoms with E-state index >= 15 is 0 Å². The SMILES string of the molecule is CCCOc1ccc(C(=O)c2cc(C)c(Br)c(C)c2)cc1. The van der Waals surface area contributed by atoms with Crippen molar-refractivity contribution >= 4 is 21.7 Å². The minimum atomic E-state index is 0.0377. The molecule has 0 bridgehead atoms. The van der Waals surface area contributed by atoms with Gasteiger partial charge >= 0.3 is 0 Å². The van der Waals surface area contributed by atoms with Crippen LogP contribution >= 0.6 is 15.9 Å². The number of hydrogen-bond acceptors (Lipinski definition) is 2. The number of halogens is 1. The molecule has 0 amide bonds. The smallest absolute Gasteiger partial charge is 0.193 e. The van der Waals surface area contributed by atoms with Crippen LogP contribution in [0.15, 0.2) is 40.9 Å². The molecule has 2 aromatic rings. The van der Waals surface area contributed by atoms with Crippen LogP contribution in [0.3, 0.4) is 0 Å². The number of hydrogen-bond donors (Lipinski definition) is 0. The molecule has 0 unspecified atom stereocenters. The van der Waals surface area contributed by atoms with Gasteiger partial charge in [-0.05, 0) is 67.8 Å². The van der Waals surface area contributed by atoms with Crippen LogP contribution in [-0.4, -0.2) is 12.4 Å². The molecule has 110 valence electrons. The number of ketones is 1. The van der Waals surface area contributed by atoms with Gasteiger partial charge in [0, 0.05) is 15.6 Å². The zero-order valence-corrected chi connectivity index (χ0v) is 14.2. The van der Waals surface area contributed by atoms with Crippen LogP contribution in [0.25, 0.3) is 0 Å². The standard InChI is InChI=1S/C18H19BrO2/c1-4-9-21-16-7-5-14(6-8-16)18(20)15-10-12(2)17(19)13(3)11-15/h5-8,10-11H,4,9H2,1-3H3. The molecule has 0 aromatic heterocycles. The minimum absolute atomic E-state index is 0.0377. The Morgan fingerprint density at radius 3 is 2.14 bits per heavy atom. The second-order valence-electron chi connectivity index (χ2n) is 5.13. The summed E-state index contributed by atoms with van der Waals surface area (Å²) in [6, 6.07) is 11.2. The molecule has 0 radical (unpaired) electrons. The van der Waals surface area contributed by atoms with Crippen molar-refractivity contribution in [1.29, 1.82) is 0 Å². The maximum atomic E-state index is 12.5. The summed E-state index contributed by atoms with van der Waals surface area (Å²) in [5.41, 5.74) is 3.54. The van der Waals surface area contributed by atoms with Gasteiger partial charge in [-0.15, -0.1) is 0 Å². The monoisotopic (exact) mass is 346 g/mol. The van der Waals surface area contributed by atoms with Crippen molar-refractivity contribution in [3.05, 3.63) is 63.1 Å². The molecular weight excluding hydrogens is 328 g/mol. The van der Waals surface area contributed by atoms with Crippen molar-refractivity contribution in [2.24, 2.45) is 0 Å². The highest BCUT2D eigenvalue weighted by Gasteiger charge is 2.12. The topological polar surface area (TPSA) is 26.3 Å². The van der Waals surface area contributed by atoms with Gasteiger partial charge in [0.1, 0.15) is 5.75 Å². The lowest BCUT2D eigenvalue weighted by molar-refractivity contribution is 0.103. The zero-order valence-electron chi connectivity index (χ0n) is 12.6. The molecule has 2 aromatic carbocycles. The molecule has 21 heavy (non-hydrogen) atoms. The first-order valence-corrected chi connectivity index (χ1v) is 7.86. The minimum Gasteiger partial charge on any atom is -0.494 e. The highest BCUT2D eigenvalue weighted by Crippen LogP contribution is 2.24. The van der Waals surface area contributed by atoms with Crippen LogP contribution < -0.4 is 4.74 Å². The number of ether oxygens (including phenoxy) is 1. The van der Waals surface area contributed by atoms with Crippen molar-refractivity contribution < 1.29 is 9.53 Å². The lowest BCUT2D eigenvalue weighted by atomic mass is 9.99. The molecule has 0 aliphatic heterocycles. The van der Waals surface area contributed by atoms with Crippen LogP contribution in [0.2, 0.25) is 0 Å². The molecule has 0 N–H and O–H groups in total. The highest BCUT2D eigenvalue weighted by molar-refractivity contribution is 9.10. The van der Waals surface area contributed by atoms with Crippen molar-refractivity contribution in [3.8, 4) is 5.75 Å². The predicted molar refractivity (Wildman–Crippen MR) is 89.3 cm³/mol. The number of rotatable bonds is 5. The first-order chi connectivity index (χ1) is 10.0. The Kier molecular flexibility index (Phi) is 5.18. The quantitative estimate of drug-likeness (QED) is 0.705. The van der Waals surface area contributed by atoms with Gasteiger partial charge in [-0.1, -0.05) is 22.9 Å². The van der Waals surface area contributed by atoms with Gasteiger partial charge in [0.2, 0.25) is 0 Å². The van der Waals surface area contributed by atoms with Gasteiger partial charge < -0.3 is 4.74 Å². The maximum absolute atomic E-state index is 12.5. The lowest BCUT2D eigenvalue weighted by Crippen LogP contribution is -2.03. The van der Waals surface area contributed by atoms with Gasteiger partial charge in [-0.3, -0.25) is 4.79 Å². The van der Waals surface area contributed by atoms with E-state index in [1.165, 1.54) is 0 Å². The van der Waals surface area contributed by atoms with Gasteiger partial charge in [-0.25, -0.2) is 0 Å². The molecule has 2 rings (SSSR count). The molecule has 3 heteroatoms. The molecule has 0 aliphatic rings. The van der Waals surface area contributed by atoms with Crippen molar-refractivity contribution in [1.82, 2.24) is 0 Å². The second-order valence-corrected chi connectivity index (χ2v) is 5.92. The third-order valence-corrected chi connectivity index (χ3v) is 4.54. The molecule has 0 aliphatic carbocycles. The lowest BCUT2D eigenvalue weighted by Gasteiger charge is -2.08. The van der Waals surface area contributed by atoms with E-state index in [0.29, 0.717) is 12.2 Å². The number of carbonyl (C=O) groups excluding carboxylic acids is 1. The van der Waals surface area contributed by atoms with Gasteiger partial charge in [0.25, 0.3) is 0 Å². The fourth-order valence-electron chi connectivity index (χ4n) is 2.17. The van der Waals surface area contributed by atoms with Crippen molar-refractivity contribution in [3.63, 3.8) is 0 Å². The van der Waals surface area contributed by atoms with Crippen LogP contribution in [0.5, 0.6) is 5.75 Å². The number of carbonyl (C=O) groups is 1. The van der Waals surface area contributed by atoms with E-state index < -0.39 is 0 Å². The Morgan fingerprint density at radius 1 is 1.05 bits per heavy atom. The Morgan fingerprint density at radius 2 is 1.62 bits per heavy atom. The molecular formula is C18H19BrO2. The molecule has 0 saturated carbocycles. The Bertz CT molecular complexity index is 622. The molecule has 0 atom stereocenters. The fourth-order valence-corrected chi connectivity index (χ4v) is 2.40. The Balaban J connectivity index is 2.24. The summed E-state index contributed by atoms with van der Waals surface area (Å²) in [6.45, 7) is 6.75. The number of benzene rings is 2. The molecule has 0 saturated heterocycles. The van der Waals surface area contributed by atoms with Gasteiger partial charge in [0.05, 0.1) is 6.61 Å². The zero-order chi connectivity index (χ0) is 15.4. The summed E-state index contributed by atoms with van der Waals surface area (Å²) in [4.78, 5) is 12.5. The molecule has 0 spiro atoms. The second kappa shape index (κ2) is 6.90. The van der Waals surface area contributed by atoms with Crippen molar-refractivity contribution in [2.75, 3.05) is 6.61 Å². The van der Waals surface area contributed by atoms with E-state index in [0.717, 1.165) is 33.3 Å². The Hall–Kier alpha value is -1.61. The van der Waals surface area contributed by atoms with E-state index in [-0.39, 0.29) is 5.78 Å². The Labute approximate surface area is 134 Å². The molecule has 2 nitrogen and oxygen atoms in total. The van der Waals surface area contributed by atoms with Crippen molar-refractivity contribution in [2.45, 2.75) is 27.2 Å². The average Bonchev–Trinajstić information content (AvgIpc) is 2.50. The predicted octanol–water partition coefficient (Wildman–Crippen LogP) is 5.09.